The van der Waals surface area contributed by atoms with Crippen LogP contribution in [0.15, 0.2) is 43.8 Å². The van der Waals surface area contributed by atoms with Crippen LogP contribution >= 0.6 is 34.4 Å². The Bertz CT molecular complexity index is 1170. The molecule has 29 heavy (non-hydrogen) atoms. The van der Waals surface area contributed by atoms with Crippen LogP contribution in [0.2, 0.25) is 0 Å². The van der Waals surface area contributed by atoms with E-state index < -0.39 is 0 Å². The van der Waals surface area contributed by atoms with Crippen molar-refractivity contribution >= 4 is 56.4 Å². The van der Waals surface area contributed by atoms with Crippen LogP contribution in [-0.4, -0.2) is 15.9 Å². The number of benzene rings is 1. The van der Waals surface area contributed by atoms with E-state index in [0.29, 0.717) is 22.2 Å². The van der Waals surface area contributed by atoms with Crippen LogP contribution in [0.5, 0.6) is 0 Å². The van der Waals surface area contributed by atoms with Crippen molar-refractivity contribution in [1.82, 2.24) is 9.97 Å². The Morgan fingerprint density at radius 3 is 2.66 bits per heavy atom. The van der Waals surface area contributed by atoms with Crippen LogP contribution in [0.25, 0.3) is 11.0 Å². The topological polar surface area (TPSA) is 68.0 Å². The molecule has 0 radical (unpaired) electrons. The van der Waals surface area contributed by atoms with Crippen molar-refractivity contribution in [3.8, 4) is 0 Å². The Labute approximate surface area is 181 Å². The summed E-state index contributed by atoms with van der Waals surface area (Å²) in [5.41, 5.74) is 3.48. The van der Waals surface area contributed by atoms with Crippen LogP contribution in [0.1, 0.15) is 48.3 Å². The van der Waals surface area contributed by atoms with E-state index in [9.17, 15) is 4.79 Å². The maximum Gasteiger partial charge on any atom is 0.293 e. The first-order valence-corrected chi connectivity index (χ1v) is 11.9. The number of amides is 1. The molecule has 1 amide bonds. The number of fused-ring (bicyclic) bond motifs is 1. The first-order valence-electron chi connectivity index (χ1n) is 9.14. The maximum absolute atomic E-state index is 13.0. The second-order valence-corrected chi connectivity index (χ2v) is 10.6. The van der Waals surface area contributed by atoms with E-state index in [1.165, 1.54) is 11.3 Å². The summed E-state index contributed by atoms with van der Waals surface area (Å²) in [5, 5.41) is 8.45. The standard InChI is InChI=1S/C21H21N3O2S3/c1-12-9-28-20(22-12)29-10-14-13-7-5-6-8-15(13)26-17(14)18(25)24-19-23-16(11-27-19)21(2,3)4/h5-9,11H,10H2,1-4H3,(H,23,24,25). The molecule has 0 aliphatic rings. The minimum atomic E-state index is -0.276. The molecule has 0 aliphatic carbocycles. The predicted molar refractivity (Wildman–Crippen MR) is 121 cm³/mol. The Balaban J connectivity index is 1.61. The van der Waals surface area contributed by atoms with E-state index in [1.54, 1.807) is 23.1 Å². The number of thioether (sulfide) groups is 1. The molecule has 0 fully saturated rings. The van der Waals surface area contributed by atoms with Crippen molar-refractivity contribution in [1.29, 1.82) is 0 Å². The quantitative estimate of drug-likeness (QED) is 0.357. The number of para-hydroxylation sites is 1. The van der Waals surface area contributed by atoms with Crippen LogP contribution in [0, 0.1) is 6.92 Å². The number of thiazole rings is 2. The van der Waals surface area contributed by atoms with E-state index in [2.05, 4.69) is 36.1 Å². The predicted octanol–water partition coefficient (Wildman–Crippen LogP) is 6.50. The zero-order valence-electron chi connectivity index (χ0n) is 16.6. The number of hydrogen-bond donors (Lipinski definition) is 1. The van der Waals surface area contributed by atoms with Crippen molar-refractivity contribution in [3.63, 3.8) is 0 Å². The second-order valence-electron chi connectivity index (χ2n) is 7.69. The zero-order valence-corrected chi connectivity index (χ0v) is 19.1. The van der Waals surface area contributed by atoms with Gasteiger partial charge in [0.2, 0.25) is 0 Å². The van der Waals surface area contributed by atoms with Gasteiger partial charge in [0, 0.05) is 38.6 Å². The number of furan rings is 1. The fraction of sp³-hybridized carbons (Fsp3) is 0.286. The van der Waals surface area contributed by atoms with Crippen molar-refractivity contribution in [2.45, 2.75) is 43.2 Å². The lowest BCUT2D eigenvalue weighted by molar-refractivity contribution is 0.0997. The third kappa shape index (κ3) is 4.39. The monoisotopic (exact) mass is 443 g/mol. The highest BCUT2D eigenvalue weighted by Gasteiger charge is 2.23. The minimum Gasteiger partial charge on any atom is -0.451 e. The molecule has 5 nitrogen and oxygen atoms in total. The van der Waals surface area contributed by atoms with Gasteiger partial charge in [0.15, 0.2) is 10.9 Å². The smallest absolute Gasteiger partial charge is 0.293 e. The van der Waals surface area contributed by atoms with E-state index in [1.807, 2.05) is 41.9 Å². The van der Waals surface area contributed by atoms with E-state index in [-0.39, 0.29) is 11.3 Å². The highest BCUT2D eigenvalue weighted by molar-refractivity contribution is 8.00. The normalized spacial score (nSPS) is 11.9. The number of anilines is 1. The number of aryl methyl sites for hydroxylation is 1. The lowest BCUT2D eigenvalue weighted by atomic mass is 9.93. The van der Waals surface area contributed by atoms with Crippen LogP contribution in [0.3, 0.4) is 0 Å². The van der Waals surface area contributed by atoms with Crippen molar-refractivity contribution < 1.29 is 9.21 Å². The summed E-state index contributed by atoms with van der Waals surface area (Å²) < 4.78 is 6.92. The number of rotatable bonds is 5. The van der Waals surface area contributed by atoms with Crippen LogP contribution in [0.4, 0.5) is 5.13 Å². The van der Waals surface area contributed by atoms with Gasteiger partial charge in [-0.15, -0.1) is 22.7 Å². The lowest BCUT2D eigenvalue weighted by Crippen LogP contribution is -2.14. The Hall–Kier alpha value is -2.16. The third-order valence-corrected chi connectivity index (χ3v) is 7.26. The summed E-state index contributed by atoms with van der Waals surface area (Å²) in [4.78, 5) is 22.1. The number of nitrogens with one attached hydrogen (secondary N) is 1. The van der Waals surface area contributed by atoms with Gasteiger partial charge in [-0.3, -0.25) is 10.1 Å². The molecule has 0 atom stereocenters. The van der Waals surface area contributed by atoms with E-state index in [4.69, 9.17) is 4.42 Å². The largest absolute Gasteiger partial charge is 0.451 e. The summed E-state index contributed by atoms with van der Waals surface area (Å²) in [7, 11) is 0. The van der Waals surface area contributed by atoms with Gasteiger partial charge in [0.05, 0.1) is 5.69 Å². The highest BCUT2D eigenvalue weighted by atomic mass is 32.2. The third-order valence-electron chi connectivity index (χ3n) is 4.34. The molecule has 3 aromatic heterocycles. The second kappa shape index (κ2) is 7.93. The van der Waals surface area contributed by atoms with Gasteiger partial charge in [-0.05, 0) is 13.0 Å². The molecule has 0 bridgehead atoms. The molecule has 150 valence electrons. The van der Waals surface area contributed by atoms with Gasteiger partial charge in [0.1, 0.15) is 9.92 Å². The van der Waals surface area contributed by atoms with Crippen LogP contribution < -0.4 is 5.32 Å². The molecule has 0 unspecified atom stereocenters. The summed E-state index contributed by atoms with van der Waals surface area (Å²) in [6, 6.07) is 7.73. The molecule has 0 saturated heterocycles. The molecule has 0 aliphatic heterocycles. The number of nitrogens with zero attached hydrogens (tertiary/aromatic N) is 2. The average molecular weight is 444 g/mol. The van der Waals surface area contributed by atoms with Crippen molar-refractivity contribution in [2.75, 3.05) is 5.32 Å². The number of carbonyl (C=O) groups excluding carboxylic acids is 1. The van der Waals surface area contributed by atoms with E-state index in [0.717, 1.165) is 26.7 Å². The molecular weight excluding hydrogens is 422 g/mol. The molecule has 1 aromatic carbocycles. The average Bonchev–Trinajstić information content (AvgIpc) is 3.38. The number of carbonyl (C=O) groups is 1. The van der Waals surface area contributed by atoms with Gasteiger partial charge >= 0.3 is 0 Å². The molecule has 3 heterocycles. The molecular formula is C21H21N3O2S3. The van der Waals surface area contributed by atoms with Crippen LogP contribution in [-0.2, 0) is 11.2 Å². The minimum absolute atomic E-state index is 0.0630. The van der Waals surface area contributed by atoms with Gasteiger partial charge in [-0.25, -0.2) is 9.97 Å². The van der Waals surface area contributed by atoms with Gasteiger partial charge < -0.3 is 4.42 Å². The van der Waals surface area contributed by atoms with Crippen molar-refractivity contribution in [3.05, 3.63) is 57.7 Å². The van der Waals surface area contributed by atoms with Gasteiger partial charge in [0.25, 0.3) is 5.91 Å². The Morgan fingerprint density at radius 1 is 1.17 bits per heavy atom. The molecule has 0 spiro atoms. The summed E-state index contributed by atoms with van der Waals surface area (Å²) in [5.74, 6) is 0.666. The number of aromatic nitrogens is 2. The lowest BCUT2D eigenvalue weighted by Gasteiger charge is -2.14. The van der Waals surface area contributed by atoms with E-state index >= 15 is 0 Å². The molecule has 8 heteroatoms. The van der Waals surface area contributed by atoms with Gasteiger partial charge in [-0.1, -0.05) is 50.7 Å². The zero-order chi connectivity index (χ0) is 20.6. The summed E-state index contributed by atoms with van der Waals surface area (Å²) in [6.07, 6.45) is 0. The first-order chi connectivity index (χ1) is 13.8. The maximum atomic E-state index is 13.0. The fourth-order valence-corrected chi connectivity index (χ4v) is 5.60. The van der Waals surface area contributed by atoms with Crippen molar-refractivity contribution in [2.24, 2.45) is 0 Å². The Kier molecular flexibility index (Phi) is 5.50. The summed E-state index contributed by atoms with van der Waals surface area (Å²) >= 11 is 4.65. The SMILES string of the molecule is Cc1csc(SCc2c(C(=O)Nc3nc(C(C)(C)C)cs3)oc3ccccc23)n1. The summed E-state index contributed by atoms with van der Waals surface area (Å²) in [6.45, 7) is 8.28. The fourth-order valence-electron chi connectivity index (χ4n) is 2.79. The molecule has 0 saturated carbocycles. The Morgan fingerprint density at radius 2 is 1.97 bits per heavy atom. The molecule has 1 N–H and O–H groups in total. The molecule has 4 aromatic rings. The van der Waals surface area contributed by atoms with Gasteiger partial charge in [-0.2, -0.15) is 0 Å². The first kappa shape index (κ1) is 20.1. The molecule has 4 rings (SSSR count). The number of hydrogen-bond acceptors (Lipinski definition) is 7. The highest BCUT2D eigenvalue weighted by Crippen LogP contribution is 2.34.